The summed E-state index contributed by atoms with van der Waals surface area (Å²) in [6.45, 7) is -0.110. The quantitative estimate of drug-likeness (QED) is 0.206. The third kappa shape index (κ3) is 5.83. The Kier molecular flexibility index (Phi) is 8.06. The number of hydrogen-bond acceptors (Lipinski definition) is 10. The van der Waals surface area contributed by atoms with Gasteiger partial charge < -0.3 is 24.0 Å². The van der Waals surface area contributed by atoms with Crippen LogP contribution in [0.2, 0.25) is 0 Å². The molecule has 2 aromatic carbocycles. The SMILES string of the molecule is O=NP(=O)(N=O)OC1(COc2ccc(N3CCOC3=O)cc2F)CCN(c2cc3c(cc2F)c(=O)c(C(=O)O)cn3C2CC2)CC1. The molecule has 6 rings (SSSR count). The number of rotatable bonds is 11. The second-order valence-corrected chi connectivity index (χ2v) is 12.7. The smallest absolute Gasteiger partial charge is 0.487 e. The van der Waals surface area contributed by atoms with Gasteiger partial charge in [0.1, 0.15) is 30.2 Å². The lowest BCUT2D eigenvalue weighted by Gasteiger charge is -2.41. The summed E-state index contributed by atoms with van der Waals surface area (Å²) in [5, 5.41) is 9.41. The van der Waals surface area contributed by atoms with Crippen LogP contribution >= 0.6 is 7.67 Å². The Hall–Kier alpha value is -4.76. The van der Waals surface area contributed by atoms with Crippen LogP contribution in [0.25, 0.3) is 10.9 Å². The number of carbonyl (C=O) groups is 2. The average Bonchev–Trinajstić information content (AvgIpc) is 3.80. The molecular formula is C28H26F2N5O10P. The molecule has 0 radical (unpaired) electrons. The predicted molar refractivity (Wildman–Crippen MR) is 158 cm³/mol. The number of aromatic carboxylic acids is 1. The molecule has 3 aromatic rings. The van der Waals surface area contributed by atoms with Gasteiger partial charge in [-0.3, -0.25) is 14.2 Å². The number of benzene rings is 2. The molecule has 2 saturated heterocycles. The van der Waals surface area contributed by atoms with Crippen molar-refractivity contribution in [2.75, 3.05) is 42.6 Å². The molecule has 1 amide bonds. The van der Waals surface area contributed by atoms with Gasteiger partial charge in [0.15, 0.2) is 11.6 Å². The molecule has 3 heterocycles. The molecule has 1 N–H and O–H groups in total. The van der Waals surface area contributed by atoms with Crippen LogP contribution in [0.15, 0.2) is 51.2 Å². The van der Waals surface area contributed by atoms with E-state index in [1.54, 1.807) is 9.47 Å². The highest BCUT2D eigenvalue weighted by Gasteiger charge is 2.45. The zero-order valence-corrected chi connectivity index (χ0v) is 24.9. The van der Waals surface area contributed by atoms with Crippen molar-refractivity contribution in [2.24, 2.45) is 9.89 Å². The van der Waals surface area contributed by atoms with Gasteiger partial charge in [-0.05, 0) is 49.9 Å². The van der Waals surface area contributed by atoms with E-state index >= 15 is 4.39 Å². The lowest BCUT2D eigenvalue weighted by Crippen LogP contribution is -2.49. The molecule has 2 aliphatic heterocycles. The van der Waals surface area contributed by atoms with Gasteiger partial charge in [-0.1, -0.05) is 0 Å². The maximum absolute atomic E-state index is 15.5. The van der Waals surface area contributed by atoms with E-state index in [1.165, 1.54) is 29.3 Å². The summed E-state index contributed by atoms with van der Waals surface area (Å²) >= 11 is 0. The zero-order chi connectivity index (χ0) is 32.8. The van der Waals surface area contributed by atoms with Crippen LogP contribution in [0.1, 0.15) is 42.1 Å². The summed E-state index contributed by atoms with van der Waals surface area (Å²) in [6.07, 6.45) is 1.94. The van der Waals surface area contributed by atoms with E-state index in [0.717, 1.165) is 25.0 Å². The Morgan fingerprint density at radius 3 is 2.37 bits per heavy atom. The average molecular weight is 662 g/mol. The highest BCUT2D eigenvalue weighted by atomic mass is 31.2. The maximum Gasteiger partial charge on any atom is 0.505 e. The van der Waals surface area contributed by atoms with Gasteiger partial charge in [0.2, 0.25) is 5.43 Å². The van der Waals surface area contributed by atoms with Gasteiger partial charge in [0.25, 0.3) is 0 Å². The minimum Gasteiger partial charge on any atom is -0.487 e. The van der Waals surface area contributed by atoms with Crippen molar-refractivity contribution < 1.29 is 42.0 Å². The van der Waals surface area contributed by atoms with Crippen molar-refractivity contribution in [3.63, 3.8) is 0 Å². The van der Waals surface area contributed by atoms with Gasteiger partial charge in [0.05, 0.1) is 23.4 Å². The Labute approximate surface area is 258 Å². The molecule has 3 aliphatic rings. The van der Waals surface area contributed by atoms with Gasteiger partial charge in [-0.2, -0.15) is 0 Å². The van der Waals surface area contributed by atoms with Gasteiger partial charge in [0, 0.05) is 46.7 Å². The van der Waals surface area contributed by atoms with Crippen LogP contribution in [0.4, 0.5) is 25.0 Å². The molecule has 3 fully saturated rings. The molecule has 242 valence electrons. The minimum atomic E-state index is -4.91. The van der Waals surface area contributed by atoms with Crippen LogP contribution in [0.3, 0.4) is 0 Å². The van der Waals surface area contributed by atoms with E-state index < -0.39 is 54.6 Å². The van der Waals surface area contributed by atoms with Crippen LogP contribution in [0, 0.1) is 21.4 Å². The first-order valence-corrected chi connectivity index (χ1v) is 15.7. The van der Waals surface area contributed by atoms with Crippen molar-refractivity contribution in [3.8, 4) is 5.75 Å². The lowest BCUT2D eigenvalue weighted by molar-refractivity contribution is 0.0000518. The highest BCUT2D eigenvalue weighted by Crippen LogP contribution is 2.55. The minimum absolute atomic E-state index is 0.00284. The number of piperidine rings is 1. The normalized spacial score (nSPS) is 18.0. The molecule has 1 aromatic heterocycles. The number of fused-ring (bicyclic) bond motifs is 1. The second-order valence-electron chi connectivity index (χ2n) is 11.2. The molecule has 0 unspecified atom stereocenters. The Morgan fingerprint density at radius 1 is 1.07 bits per heavy atom. The summed E-state index contributed by atoms with van der Waals surface area (Å²) < 4.78 is 60.6. The monoisotopic (exact) mass is 661 g/mol. The molecule has 0 spiro atoms. The number of halogens is 2. The fraction of sp³-hybridized carbons (Fsp3) is 0.393. The summed E-state index contributed by atoms with van der Waals surface area (Å²) in [5.41, 5.74) is -2.25. The Bertz CT molecular complexity index is 1860. The third-order valence-corrected chi connectivity index (χ3v) is 9.32. The van der Waals surface area contributed by atoms with Crippen molar-refractivity contribution in [3.05, 3.63) is 73.8 Å². The fourth-order valence-corrected chi connectivity index (χ4v) is 6.57. The maximum atomic E-state index is 15.5. The molecule has 1 aliphatic carbocycles. The molecule has 0 bridgehead atoms. The summed E-state index contributed by atoms with van der Waals surface area (Å²) in [5.74, 6) is -3.33. The van der Waals surface area contributed by atoms with E-state index in [1.807, 2.05) is 0 Å². The van der Waals surface area contributed by atoms with Crippen molar-refractivity contribution in [1.82, 2.24) is 4.57 Å². The van der Waals surface area contributed by atoms with Crippen molar-refractivity contribution in [2.45, 2.75) is 37.3 Å². The van der Waals surface area contributed by atoms with Gasteiger partial charge in [-0.25, -0.2) is 22.9 Å². The Morgan fingerprint density at radius 2 is 1.78 bits per heavy atom. The number of pyridine rings is 1. The predicted octanol–water partition coefficient (Wildman–Crippen LogP) is 5.34. The number of amides is 1. The fourth-order valence-electron chi connectivity index (χ4n) is 5.74. The van der Waals surface area contributed by atoms with Crippen molar-refractivity contribution in [1.29, 1.82) is 0 Å². The van der Waals surface area contributed by atoms with E-state index in [-0.39, 0.29) is 67.6 Å². The molecule has 1 saturated carbocycles. The highest BCUT2D eigenvalue weighted by molar-refractivity contribution is 7.55. The lowest BCUT2D eigenvalue weighted by atomic mass is 9.92. The number of anilines is 2. The van der Waals surface area contributed by atoms with Crippen molar-refractivity contribution >= 4 is 42.0 Å². The molecule has 46 heavy (non-hydrogen) atoms. The van der Waals surface area contributed by atoms with Crippen LogP contribution in [0.5, 0.6) is 5.75 Å². The largest absolute Gasteiger partial charge is 0.505 e. The Balaban J connectivity index is 1.26. The number of ether oxygens (including phenoxy) is 2. The van der Waals surface area contributed by atoms with Crippen LogP contribution in [-0.4, -0.2) is 60.2 Å². The molecule has 18 heteroatoms. The second kappa shape index (κ2) is 11.9. The molecule has 0 atom stereocenters. The number of cyclic esters (lactones) is 1. The van der Waals surface area contributed by atoms with E-state index in [4.69, 9.17) is 14.0 Å². The summed E-state index contributed by atoms with van der Waals surface area (Å²) in [4.78, 5) is 66.2. The topological polar surface area (TPSA) is 186 Å². The molecular weight excluding hydrogens is 635 g/mol. The standard InChI is InChI=1S/C28H26F2N5O10P/c29-20-12-18-22(35(16-1-2-16)14-19(25(18)36)26(37)38)13-23(20)33-7-5-28(6-8-33,45-46(42,31-40)32-41)15-44-24-4-3-17(11-21(24)30)34-9-10-43-27(34)39/h3-4,11-14,16H,1-2,5-10,15H2,(H,37,38). The first-order chi connectivity index (χ1) is 22.0. The van der Waals surface area contributed by atoms with E-state index in [9.17, 15) is 38.3 Å². The number of nitroso groups, excluding NO2 is 2. The van der Waals surface area contributed by atoms with Crippen LogP contribution < -0.4 is 20.0 Å². The van der Waals surface area contributed by atoms with Crippen LogP contribution in [-0.2, 0) is 13.8 Å². The number of aromatic nitrogens is 1. The van der Waals surface area contributed by atoms with Gasteiger partial charge in [-0.15, -0.1) is 9.81 Å². The first-order valence-electron chi connectivity index (χ1n) is 14.2. The number of nitrogens with zero attached hydrogens (tertiary/aromatic N) is 5. The number of carbonyl (C=O) groups excluding carboxylic acids is 1. The number of hydrogen-bond donors (Lipinski definition) is 1. The number of carboxylic acid groups (broad SMARTS) is 1. The van der Waals surface area contributed by atoms with E-state index in [0.29, 0.717) is 5.52 Å². The van der Waals surface area contributed by atoms with E-state index in [2.05, 4.69) is 9.89 Å². The number of carboxylic acids is 1. The summed E-state index contributed by atoms with van der Waals surface area (Å²) in [7, 11) is -4.91. The molecule has 15 nitrogen and oxygen atoms in total. The summed E-state index contributed by atoms with van der Waals surface area (Å²) in [6, 6.07) is 6.15. The third-order valence-electron chi connectivity index (χ3n) is 8.28. The first kappa shape index (κ1) is 31.2. The van der Waals surface area contributed by atoms with Gasteiger partial charge >= 0.3 is 19.7 Å². The zero-order valence-electron chi connectivity index (χ0n) is 24.0.